The second-order valence-corrected chi connectivity index (χ2v) is 8.08. The third-order valence-corrected chi connectivity index (χ3v) is 6.00. The van der Waals surface area contributed by atoms with Crippen LogP contribution in [-0.4, -0.2) is 55.3 Å². The van der Waals surface area contributed by atoms with E-state index in [2.05, 4.69) is 26.0 Å². The van der Waals surface area contributed by atoms with Crippen LogP contribution in [0.4, 0.5) is 5.69 Å². The minimum atomic E-state index is -0.480. The molecule has 0 aliphatic carbocycles. The van der Waals surface area contributed by atoms with E-state index in [-0.39, 0.29) is 17.7 Å². The van der Waals surface area contributed by atoms with E-state index >= 15 is 0 Å². The highest BCUT2D eigenvalue weighted by atomic mass is 16.7. The van der Waals surface area contributed by atoms with Crippen LogP contribution in [0.3, 0.4) is 0 Å². The first kappa shape index (κ1) is 18.4. The average molecular weight is 372 g/mol. The Balaban J connectivity index is 1.38. The first-order valence-corrected chi connectivity index (χ1v) is 9.94. The Morgan fingerprint density at radius 3 is 2.33 bits per heavy atom. The lowest BCUT2D eigenvalue weighted by atomic mass is 10.0. The van der Waals surface area contributed by atoms with Gasteiger partial charge in [0.05, 0.1) is 19.1 Å². The normalized spacial score (nSPS) is 25.0. The monoisotopic (exact) mass is 372 g/mol. The highest BCUT2D eigenvalue weighted by molar-refractivity contribution is 6.00. The molecule has 0 radical (unpaired) electrons. The molecule has 3 heterocycles. The topological polar surface area (TPSA) is 59.1 Å². The number of anilines is 1. The zero-order chi connectivity index (χ0) is 19.0. The van der Waals surface area contributed by atoms with Crippen LogP contribution < -0.4 is 4.90 Å². The molecule has 6 nitrogen and oxygen atoms in total. The molecule has 0 saturated carbocycles. The quantitative estimate of drug-likeness (QED) is 0.818. The molecule has 3 fully saturated rings. The van der Waals surface area contributed by atoms with Crippen LogP contribution in [0.15, 0.2) is 24.3 Å². The molecule has 0 bridgehead atoms. The lowest BCUT2D eigenvalue weighted by Crippen LogP contribution is -2.49. The number of hydrogen-bond acceptors (Lipinski definition) is 4. The van der Waals surface area contributed by atoms with Gasteiger partial charge in [-0.25, -0.2) is 0 Å². The van der Waals surface area contributed by atoms with E-state index in [4.69, 9.17) is 9.47 Å². The van der Waals surface area contributed by atoms with Crippen molar-refractivity contribution in [2.45, 2.75) is 44.8 Å². The second kappa shape index (κ2) is 7.24. The van der Waals surface area contributed by atoms with Crippen LogP contribution in [0, 0.1) is 5.92 Å². The Hall–Kier alpha value is -1.92. The molecule has 6 heteroatoms. The number of carbonyl (C=O) groups is 2. The number of piperidine rings is 1. The summed E-state index contributed by atoms with van der Waals surface area (Å²) in [5, 5.41) is 0. The van der Waals surface area contributed by atoms with Crippen molar-refractivity contribution in [1.29, 1.82) is 0 Å². The summed E-state index contributed by atoms with van der Waals surface area (Å²) in [6.45, 7) is 7.29. The maximum absolute atomic E-state index is 12.9. The van der Waals surface area contributed by atoms with Crippen molar-refractivity contribution in [2.75, 3.05) is 37.7 Å². The molecule has 1 atom stereocenters. The summed E-state index contributed by atoms with van der Waals surface area (Å²) in [5.41, 5.74) is 2.13. The van der Waals surface area contributed by atoms with Gasteiger partial charge in [0.25, 0.3) is 0 Å². The van der Waals surface area contributed by atoms with E-state index in [1.807, 2.05) is 17.0 Å². The fourth-order valence-electron chi connectivity index (χ4n) is 4.27. The molecule has 146 valence electrons. The van der Waals surface area contributed by atoms with Gasteiger partial charge in [-0.05, 0) is 23.6 Å². The maximum Gasteiger partial charge on any atom is 0.228 e. The van der Waals surface area contributed by atoms with Crippen LogP contribution >= 0.6 is 0 Å². The van der Waals surface area contributed by atoms with Crippen molar-refractivity contribution in [3.63, 3.8) is 0 Å². The predicted octanol–water partition coefficient (Wildman–Crippen LogP) is 2.53. The van der Waals surface area contributed by atoms with Gasteiger partial charge in [0, 0.05) is 44.6 Å². The number of amides is 2. The Morgan fingerprint density at radius 2 is 1.74 bits per heavy atom. The molecule has 3 aliphatic rings. The lowest BCUT2D eigenvalue weighted by molar-refractivity contribution is -0.188. The van der Waals surface area contributed by atoms with E-state index < -0.39 is 5.79 Å². The van der Waals surface area contributed by atoms with Gasteiger partial charge in [0.15, 0.2) is 5.79 Å². The van der Waals surface area contributed by atoms with Gasteiger partial charge < -0.3 is 19.3 Å². The van der Waals surface area contributed by atoms with E-state index in [9.17, 15) is 9.59 Å². The van der Waals surface area contributed by atoms with Gasteiger partial charge in [0.1, 0.15) is 0 Å². The number of rotatable bonds is 3. The van der Waals surface area contributed by atoms with Crippen LogP contribution in [0.1, 0.15) is 44.6 Å². The van der Waals surface area contributed by atoms with Gasteiger partial charge >= 0.3 is 0 Å². The predicted molar refractivity (Wildman–Crippen MR) is 101 cm³/mol. The van der Waals surface area contributed by atoms with Crippen molar-refractivity contribution in [2.24, 2.45) is 5.92 Å². The minimum absolute atomic E-state index is 0.0292. The summed E-state index contributed by atoms with van der Waals surface area (Å²) in [7, 11) is 0. The highest BCUT2D eigenvalue weighted by Crippen LogP contribution is 2.33. The maximum atomic E-state index is 12.9. The average Bonchev–Trinajstić information content (AvgIpc) is 3.29. The molecule has 27 heavy (non-hydrogen) atoms. The molecule has 1 aromatic rings. The van der Waals surface area contributed by atoms with E-state index in [0.29, 0.717) is 58.0 Å². The molecule has 1 aromatic carbocycles. The van der Waals surface area contributed by atoms with Crippen molar-refractivity contribution in [3.05, 3.63) is 29.8 Å². The zero-order valence-electron chi connectivity index (χ0n) is 16.1. The summed E-state index contributed by atoms with van der Waals surface area (Å²) in [5.74, 6) is -0.175. The summed E-state index contributed by atoms with van der Waals surface area (Å²) < 4.78 is 11.5. The Bertz CT molecular complexity index is 699. The van der Waals surface area contributed by atoms with Crippen molar-refractivity contribution < 1.29 is 19.1 Å². The van der Waals surface area contributed by atoms with Gasteiger partial charge in [-0.15, -0.1) is 0 Å². The fraction of sp³-hybridized carbons (Fsp3) is 0.619. The number of ether oxygens (including phenoxy) is 2. The zero-order valence-corrected chi connectivity index (χ0v) is 16.1. The molecule has 3 aliphatic heterocycles. The molecule has 3 saturated heterocycles. The van der Waals surface area contributed by atoms with Crippen molar-refractivity contribution >= 4 is 17.5 Å². The van der Waals surface area contributed by atoms with E-state index in [1.165, 1.54) is 5.56 Å². The van der Waals surface area contributed by atoms with Gasteiger partial charge in [-0.3, -0.25) is 9.59 Å². The molecular weight excluding hydrogens is 344 g/mol. The smallest absolute Gasteiger partial charge is 0.228 e. The van der Waals surface area contributed by atoms with Crippen LogP contribution in [0.2, 0.25) is 0 Å². The molecule has 4 rings (SSSR count). The minimum Gasteiger partial charge on any atom is -0.347 e. The summed E-state index contributed by atoms with van der Waals surface area (Å²) in [4.78, 5) is 29.1. The number of nitrogens with zero attached hydrogens (tertiary/aromatic N) is 2. The largest absolute Gasteiger partial charge is 0.347 e. The Labute approximate surface area is 160 Å². The first-order valence-electron chi connectivity index (χ1n) is 9.94. The number of benzene rings is 1. The Morgan fingerprint density at radius 1 is 1.11 bits per heavy atom. The van der Waals surface area contributed by atoms with Crippen molar-refractivity contribution in [3.8, 4) is 0 Å². The first-order chi connectivity index (χ1) is 13.0. The second-order valence-electron chi connectivity index (χ2n) is 8.08. The molecule has 0 N–H and O–H groups in total. The summed E-state index contributed by atoms with van der Waals surface area (Å²) in [6, 6.07) is 8.10. The number of carbonyl (C=O) groups excluding carboxylic acids is 2. The van der Waals surface area contributed by atoms with Crippen LogP contribution in [-0.2, 0) is 19.1 Å². The van der Waals surface area contributed by atoms with Gasteiger partial charge in [-0.2, -0.15) is 0 Å². The number of hydrogen-bond donors (Lipinski definition) is 0. The van der Waals surface area contributed by atoms with Crippen molar-refractivity contribution in [1.82, 2.24) is 4.90 Å². The lowest BCUT2D eigenvalue weighted by Gasteiger charge is -2.38. The molecule has 1 spiro atoms. The number of likely N-dealkylation sites (tertiary alicyclic amines) is 1. The van der Waals surface area contributed by atoms with Crippen LogP contribution in [0.5, 0.6) is 0 Å². The Kier molecular flexibility index (Phi) is 4.95. The summed E-state index contributed by atoms with van der Waals surface area (Å²) >= 11 is 0. The third kappa shape index (κ3) is 3.60. The highest BCUT2D eigenvalue weighted by Gasteiger charge is 2.43. The summed E-state index contributed by atoms with van der Waals surface area (Å²) in [6.07, 6.45) is 1.71. The molecule has 2 amide bonds. The molecule has 0 unspecified atom stereocenters. The fourth-order valence-corrected chi connectivity index (χ4v) is 4.27. The molecule has 0 aromatic heterocycles. The van der Waals surface area contributed by atoms with Gasteiger partial charge in [0.2, 0.25) is 11.8 Å². The van der Waals surface area contributed by atoms with E-state index in [0.717, 1.165) is 5.69 Å². The standard InChI is InChI=1S/C21H28N2O4/c1-15(2)16-3-5-18(6-4-16)23-14-17(13-19(23)24)20(25)22-9-7-21(8-10-22)26-11-12-27-21/h3-6,15,17H,7-14H2,1-2H3/t17-/m0/s1. The van der Waals surface area contributed by atoms with Gasteiger partial charge in [-0.1, -0.05) is 26.0 Å². The van der Waals surface area contributed by atoms with Crippen LogP contribution in [0.25, 0.3) is 0 Å². The third-order valence-electron chi connectivity index (χ3n) is 6.00. The van der Waals surface area contributed by atoms with E-state index in [1.54, 1.807) is 4.90 Å². The molecular formula is C21H28N2O4. The SMILES string of the molecule is CC(C)c1ccc(N2C[C@@H](C(=O)N3CCC4(CC3)OCCO4)CC2=O)cc1.